The first-order valence-electron chi connectivity index (χ1n) is 13.9. The van der Waals surface area contributed by atoms with Gasteiger partial charge in [-0.05, 0) is 39.3 Å². The number of piperazine rings is 1. The van der Waals surface area contributed by atoms with Crippen LogP contribution in [-0.4, -0.2) is 60.1 Å². The first kappa shape index (κ1) is 29.2. The van der Waals surface area contributed by atoms with E-state index in [1.807, 2.05) is 56.0 Å². The SMILES string of the molecule is CCCCCCCCCCCCN1CCN(C(=O)C(NC(=O)OC(C)(C)C)c2ccccc2)CC1. The fourth-order valence-electron chi connectivity index (χ4n) is 4.56. The van der Waals surface area contributed by atoms with Gasteiger partial charge in [0, 0.05) is 26.2 Å². The Hall–Kier alpha value is -2.08. The highest BCUT2D eigenvalue weighted by Gasteiger charge is 2.31. The molecule has 1 fully saturated rings. The molecule has 6 nitrogen and oxygen atoms in total. The molecule has 1 aromatic carbocycles. The van der Waals surface area contributed by atoms with E-state index >= 15 is 0 Å². The van der Waals surface area contributed by atoms with E-state index < -0.39 is 17.7 Å². The minimum atomic E-state index is -0.737. The van der Waals surface area contributed by atoms with Crippen molar-refractivity contribution in [2.24, 2.45) is 0 Å². The lowest BCUT2D eigenvalue weighted by molar-refractivity contribution is -0.135. The number of benzene rings is 1. The molecule has 0 aromatic heterocycles. The normalized spacial score (nSPS) is 15.6. The molecule has 0 radical (unpaired) electrons. The lowest BCUT2D eigenvalue weighted by Gasteiger charge is -2.36. The smallest absolute Gasteiger partial charge is 0.408 e. The average Bonchev–Trinajstić information content (AvgIpc) is 2.83. The van der Waals surface area contributed by atoms with Crippen molar-refractivity contribution in [2.45, 2.75) is 104 Å². The maximum absolute atomic E-state index is 13.4. The summed E-state index contributed by atoms with van der Waals surface area (Å²) in [6, 6.07) is 8.70. The molecule has 1 atom stereocenters. The summed E-state index contributed by atoms with van der Waals surface area (Å²) in [5.41, 5.74) is 0.158. The molecular formula is C29H49N3O3. The zero-order valence-electron chi connectivity index (χ0n) is 22.7. The number of hydrogen-bond donors (Lipinski definition) is 1. The Kier molecular flexibility index (Phi) is 13.2. The van der Waals surface area contributed by atoms with Gasteiger partial charge in [-0.15, -0.1) is 0 Å². The number of hydrogen-bond acceptors (Lipinski definition) is 4. The van der Waals surface area contributed by atoms with Gasteiger partial charge in [-0.3, -0.25) is 9.69 Å². The number of amides is 2. The van der Waals surface area contributed by atoms with E-state index in [-0.39, 0.29) is 5.91 Å². The Labute approximate surface area is 213 Å². The van der Waals surface area contributed by atoms with Gasteiger partial charge >= 0.3 is 6.09 Å². The highest BCUT2D eigenvalue weighted by Crippen LogP contribution is 2.19. The van der Waals surface area contributed by atoms with Crippen LogP contribution in [0.3, 0.4) is 0 Å². The van der Waals surface area contributed by atoms with E-state index in [9.17, 15) is 9.59 Å². The molecule has 2 rings (SSSR count). The summed E-state index contributed by atoms with van der Waals surface area (Å²) in [6.45, 7) is 12.0. The van der Waals surface area contributed by atoms with Crippen molar-refractivity contribution < 1.29 is 14.3 Å². The number of ether oxygens (including phenoxy) is 1. The fraction of sp³-hybridized carbons (Fsp3) is 0.724. The Morgan fingerprint density at radius 1 is 0.857 bits per heavy atom. The summed E-state index contributed by atoms with van der Waals surface area (Å²) in [5, 5.41) is 2.80. The fourth-order valence-corrected chi connectivity index (χ4v) is 4.56. The van der Waals surface area contributed by atoms with Crippen molar-refractivity contribution >= 4 is 12.0 Å². The van der Waals surface area contributed by atoms with Crippen LogP contribution < -0.4 is 5.32 Å². The molecule has 0 aliphatic carbocycles. The van der Waals surface area contributed by atoms with Crippen molar-refractivity contribution in [1.82, 2.24) is 15.1 Å². The minimum Gasteiger partial charge on any atom is -0.444 e. The van der Waals surface area contributed by atoms with E-state index in [1.54, 1.807) is 0 Å². The van der Waals surface area contributed by atoms with Crippen LogP contribution >= 0.6 is 0 Å². The molecule has 198 valence electrons. The van der Waals surface area contributed by atoms with Crippen LogP contribution in [0.5, 0.6) is 0 Å². The maximum atomic E-state index is 13.4. The van der Waals surface area contributed by atoms with E-state index in [0.29, 0.717) is 13.1 Å². The molecule has 1 aromatic rings. The average molecular weight is 488 g/mol. The quantitative estimate of drug-likeness (QED) is 0.312. The molecule has 0 saturated carbocycles. The number of nitrogens with one attached hydrogen (secondary N) is 1. The predicted octanol–water partition coefficient (Wildman–Crippen LogP) is 6.32. The Morgan fingerprint density at radius 2 is 1.40 bits per heavy atom. The molecular weight excluding hydrogens is 438 g/mol. The summed E-state index contributed by atoms with van der Waals surface area (Å²) in [4.78, 5) is 30.2. The van der Waals surface area contributed by atoms with Crippen molar-refractivity contribution in [3.63, 3.8) is 0 Å². The van der Waals surface area contributed by atoms with Crippen LogP contribution in [0.2, 0.25) is 0 Å². The third kappa shape index (κ3) is 11.9. The monoisotopic (exact) mass is 487 g/mol. The van der Waals surface area contributed by atoms with Gasteiger partial charge in [0.25, 0.3) is 0 Å². The molecule has 35 heavy (non-hydrogen) atoms. The van der Waals surface area contributed by atoms with Gasteiger partial charge in [0.1, 0.15) is 11.6 Å². The maximum Gasteiger partial charge on any atom is 0.408 e. The second-order valence-corrected chi connectivity index (χ2v) is 10.8. The summed E-state index contributed by atoms with van der Waals surface area (Å²) in [5.74, 6) is -0.0688. The molecule has 1 aliphatic heterocycles. The number of unbranched alkanes of at least 4 members (excludes halogenated alkanes) is 9. The third-order valence-electron chi connectivity index (χ3n) is 6.55. The number of carbonyl (C=O) groups excluding carboxylic acids is 2. The molecule has 6 heteroatoms. The standard InChI is InChI=1S/C29H49N3O3/c1-5-6-7-8-9-10-11-12-13-17-20-31-21-23-32(24-22-31)27(33)26(25-18-15-14-16-19-25)30-28(34)35-29(2,3)4/h14-16,18-19,26H,5-13,17,20-24H2,1-4H3,(H,30,34). The van der Waals surface area contributed by atoms with Crippen LogP contribution in [0.25, 0.3) is 0 Å². The molecule has 1 N–H and O–H groups in total. The molecule has 1 heterocycles. The van der Waals surface area contributed by atoms with Crippen LogP contribution in [0.15, 0.2) is 30.3 Å². The van der Waals surface area contributed by atoms with Crippen molar-refractivity contribution in [1.29, 1.82) is 0 Å². The van der Waals surface area contributed by atoms with Gasteiger partial charge in [-0.1, -0.05) is 95.0 Å². The van der Waals surface area contributed by atoms with Crippen LogP contribution in [0, 0.1) is 0 Å². The second-order valence-electron chi connectivity index (χ2n) is 10.8. The van der Waals surface area contributed by atoms with Crippen LogP contribution in [-0.2, 0) is 9.53 Å². The van der Waals surface area contributed by atoms with E-state index in [1.165, 1.54) is 64.2 Å². The first-order valence-corrected chi connectivity index (χ1v) is 13.9. The van der Waals surface area contributed by atoms with E-state index in [4.69, 9.17) is 4.74 Å². The van der Waals surface area contributed by atoms with Crippen LogP contribution in [0.4, 0.5) is 4.79 Å². The summed E-state index contributed by atoms with van der Waals surface area (Å²) in [7, 11) is 0. The van der Waals surface area contributed by atoms with Gasteiger partial charge in [0.15, 0.2) is 0 Å². The highest BCUT2D eigenvalue weighted by atomic mass is 16.6. The topological polar surface area (TPSA) is 61.9 Å². The lowest BCUT2D eigenvalue weighted by atomic mass is 10.0. The molecule has 1 saturated heterocycles. The molecule has 2 amide bonds. The van der Waals surface area contributed by atoms with Crippen molar-refractivity contribution in [3.05, 3.63) is 35.9 Å². The van der Waals surface area contributed by atoms with Gasteiger partial charge in [0.05, 0.1) is 0 Å². The second kappa shape index (κ2) is 15.8. The Balaban J connectivity index is 1.72. The summed E-state index contributed by atoms with van der Waals surface area (Å²) >= 11 is 0. The number of rotatable bonds is 14. The zero-order valence-corrected chi connectivity index (χ0v) is 22.7. The summed E-state index contributed by atoms with van der Waals surface area (Å²) < 4.78 is 5.42. The highest BCUT2D eigenvalue weighted by molar-refractivity contribution is 5.87. The van der Waals surface area contributed by atoms with Crippen molar-refractivity contribution in [2.75, 3.05) is 32.7 Å². The van der Waals surface area contributed by atoms with Crippen molar-refractivity contribution in [3.8, 4) is 0 Å². The number of carbonyl (C=O) groups is 2. The van der Waals surface area contributed by atoms with Gasteiger partial charge in [-0.25, -0.2) is 4.79 Å². The molecule has 0 spiro atoms. The number of alkyl carbamates (subject to hydrolysis) is 1. The number of nitrogens with zero attached hydrogens (tertiary/aromatic N) is 2. The third-order valence-corrected chi connectivity index (χ3v) is 6.55. The predicted molar refractivity (Wildman–Crippen MR) is 143 cm³/mol. The van der Waals surface area contributed by atoms with E-state index in [0.717, 1.165) is 25.2 Å². The minimum absolute atomic E-state index is 0.0688. The molecule has 1 unspecified atom stereocenters. The summed E-state index contributed by atoms with van der Waals surface area (Å²) in [6.07, 6.45) is 12.9. The zero-order chi connectivity index (χ0) is 25.5. The lowest BCUT2D eigenvalue weighted by Crippen LogP contribution is -2.52. The Morgan fingerprint density at radius 3 is 1.94 bits per heavy atom. The van der Waals surface area contributed by atoms with Gasteiger partial charge in [0.2, 0.25) is 5.91 Å². The van der Waals surface area contributed by atoms with Crippen LogP contribution in [0.1, 0.15) is 104 Å². The Bertz CT molecular complexity index is 724. The van der Waals surface area contributed by atoms with Gasteiger partial charge < -0.3 is 15.0 Å². The largest absolute Gasteiger partial charge is 0.444 e. The first-order chi connectivity index (χ1) is 16.8. The van der Waals surface area contributed by atoms with Gasteiger partial charge in [-0.2, -0.15) is 0 Å². The van der Waals surface area contributed by atoms with E-state index in [2.05, 4.69) is 17.1 Å². The molecule has 0 bridgehead atoms. The molecule has 1 aliphatic rings.